The molecule has 0 saturated carbocycles. The normalized spacial score (nSPS) is 8.95. The number of rotatable bonds is 1. The molecule has 0 atom stereocenters. The van der Waals surface area contributed by atoms with E-state index in [1.165, 1.54) is 17.4 Å². The fraction of sp³-hybridized carbons (Fsp3) is 0.300. The second-order valence-electron chi connectivity index (χ2n) is 5.64. The molecule has 0 aliphatic carbocycles. The maximum Gasteiger partial charge on any atom is 0 e. The van der Waals surface area contributed by atoms with Crippen LogP contribution in [0.4, 0.5) is 0 Å². The van der Waals surface area contributed by atoms with Crippen LogP contribution in [0.5, 0.6) is 0 Å². The summed E-state index contributed by atoms with van der Waals surface area (Å²) in [5.74, 6) is 2.83. The second-order valence-corrected chi connectivity index (χ2v) is 5.64. The van der Waals surface area contributed by atoms with Gasteiger partial charge in [-0.05, 0) is 29.0 Å². The van der Waals surface area contributed by atoms with Crippen LogP contribution in [0, 0.1) is 17.9 Å². The molecule has 0 heterocycles. The van der Waals surface area contributed by atoms with Crippen LogP contribution in [0.3, 0.4) is 0 Å². The first-order valence-corrected chi connectivity index (χ1v) is 6.99. The van der Waals surface area contributed by atoms with Gasteiger partial charge in [0.15, 0.2) is 0 Å². The first kappa shape index (κ1) is 22.4. The van der Waals surface area contributed by atoms with E-state index < -0.39 is 0 Å². The standard InChI is InChI=1S/C12H9.2C4H9.Pt.H2/c1-3-7-11(8-4-1)12-9-5-2-6-10-12;2*1-4(2)3;;/h1-9H;2*1-3H3;;1H. The smallest absolute Gasteiger partial charge is 0 e. The molecule has 0 aliphatic rings. The van der Waals surface area contributed by atoms with Crippen LogP contribution in [0.2, 0.25) is 0 Å². The maximum absolute atomic E-state index is 3.18. The fourth-order valence-electron chi connectivity index (χ4n) is 1.19. The fourth-order valence-corrected chi connectivity index (χ4v) is 1.19. The van der Waals surface area contributed by atoms with Crippen molar-refractivity contribution in [2.24, 2.45) is 0 Å². The Kier molecular flexibility index (Phi) is 15.0. The zero-order valence-electron chi connectivity index (χ0n) is 14.0. The predicted molar refractivity (Wildman–Crippen MR) is 93.4 cm³/mol. The van der Waals surface area contributed by atoms with Crippen molar-refractivity contribution < 1.29 is 22.5 Å². The van der Waals surface area contributed by atoms with Gasteiger partial charge in [-0.15, -0.1) is 0 Å². The van der Waals surface area contributed by atoms with E-state index in [-0.39, 0.29) is 22.5 Å². The SMILES string of the molecule is C[C](C)C.C[C](C)C.[HH].[Pt].[c]1ccccc1-c1ccccc1. The van der Waals surface area contributed by atoms with Gasteiger partial charge in [-0.25, -0.2) is 0 Å². The molecule has 2 aromatic rings. The molecule has 2 aromatic carbocycles. The van der Waals surface area contributed by atoms with Crippen LogP contribution in [0.25, 0.3) is 11.1 Å². The summed E-state index contributed by atoms with van der Waals surface area (Å²) >= 11 is 0. The number of hydrogen-bond donors (Lipinski definition) is 0. The van der Waals surface area contributed by atoms with Crippen molar-refractivity contribution in [1.82, 2.24) is 0 Å². The summed E-state index contributed by atoms with van der Waals surface area (Å²) < 4.78 is 0. The van der Waals surface area contributed by atoms with E-state index in [0.29, 0.717) is 0 Å². The molecule has 21 heavy (non-hydrogen) atoms. The van der Waals surface area contributed by atoms with Crippen molar-refractivity contribution in [3.05, 3.63) is 72.5 Å². The number of benzene rings is 2. The molecule has 0 amide bonds. The summed E-state index contributed by atoms with van der Waals surface area (Å²) in [5.41, 5.74) is 2.37. The summed E-state index contributed by atoms with van der Waals surface area (Å²) in [6.07, 6.45) is 0. The van der Waals surface area contributed by atoms with Crippen LogP contribution in [-0.4, -0.2) is 0 Å². The van der Waals surface area contributed by atoms with Crippen molar-refractivity contribution in [2.45, 2.75) is 41.5 Å². The summed E-state index contributed by atoms with van der Waals surface area (Å²) in [6, 6.07) is 21.5. The Morgan fingerprint density at radius 1 is 0.714 bits per heavy atom. The van der Waals surface area contributed by atoms with Gasteiger partial charge in [0.2, 0.25) is 0 Å². The Bertz CT molecular complexity index is 375. The van der Waals surface area contributed by atoms with Gasteiger partial charge < -0.3 is 0 Å². The average molecular weight is 465 g/mol. The molecule has 119 valence electrons. The predicted octanol–water partition coefficient (Wildman–Crippen LogP) is 6.64. The van der Waals surface area contributed by atoms with Crippen molar-refractivity contribution in [2.75, 3.05) is 0 Å². The third-order valence-electron chi connectivity index (χ3n) is 1.79. The summed E-state index contributed by atoms with van der Waals surface area (Å²) in [6.45, 7) is 12.5. The average Bonchev–Trinajstić information content (AvgIpc) is 2.39. The monoisotopic (exact) mass is 464 g/mol. The van der Waals surface area contributed by atoms with Crippen molar-refractivity contribution in [3.63, 3.8) is 0 Å². The third kappa shape index (κ3) is 15.3. The number of hydrogen-bond acceptors (Lipinski definition) is 0. The van der Waals surface area contributed by atoms with Crippen molar-refractivity contribution in [1.29, 1.82) is 0 Å². The summed E-state index contributed by atoms with van der Waals surface area (Å²) in [5, 5.41) is 0. The minimum Gasteiger partial charge on any atom is -0.0622 e. The van der Waals surface area contributed by atoms with Gasteiger partial charge >= 0.3 is 0 Å². The van der Waals surface area contributed by atoms with E-state index in [0.717, 1.165) is 5.56 Å². The van der Waals surface area contributed by atoms with Crippen LogP contribution in [0.15, 0.2) is 54.6 Å². The van der Waals surface area contributed by atoms with Gasteiger partial charge in [0.1, 0.15) is 0 Å². The molecule has 0 aliphatic heterocycles. The van der Waals surface area contributed by atoms with Crippen LogP contribution in [0.1, 0.15) is 43.0 Å². The maximum atomic E-state index is 3.18. The van der Waals surface area contributed by atoms with E-state index in [1.807, 2.05) is 36.4 Å². The van der Waals surface area contributed by atoms with Crippen molar-refractivity contribution >= 4 is 0 Å². The van der Waals surface area contributed by atoms with Crippen LogP contribution >= 0.6 is 0 Å². The summed E-state index contributed by atoms with van der Waals surface area (Å²) in [4.78, 5) is 0. The molecular formula is C20H29Pt. The molecule has 0 fully saturated rings. The molecule has 0 unspecified atom stereocenters. The molecule has 0 nitrogen and oxygen atoms in total. The second kappa shape index (κ2) is 14.1. The Balaban J connectivity index is -0.000000310. The van der Waals surface area contributed by atoms with E-state index in [1.54, 1.807) is 0 Å². The van der Waals surface area contributed by atoms with Gasteiger partial charge in [0.25, 0.3) is 0 Å². The van der Waals surface area contributed by atoms with Crippen LogP contribution in [-0.2, 0) is 21.1 Å². The molecule has 0 bridgehead atoms. The molecule has 0 aromatic heterocycles. The quantitative estimate of drug-likeness (QED) is 0.444. The van der Waals surface area contributed by atoms with Gasteiger partial charge in [0.05, 0.1) is 0 Å². The molecule has 0 N–H and O–H groups in total. The zero-order valence-corrected chi connectivity index (χ0v) is 16.3. The zero-order chi connectivity index (χ0) is 15.4. The molecule has 0 spiro atoms. The molecule has 0 saturated heterocycles. The van der Waals surface area contributed by atoms with Gasteiger partial charge in [0, 0.05) is 22.5 Å². The third-order valence-corrected chi connectivity index (χ3v) is 1.79. The summed E-state index contributed by atoms with van der Waals surface area (Å²) in [7, 11) is 0. The van der Waals surface area contributed by atoms with Crippen LogP contribution < -0.4 is 0 Å². The van der Waals surface area contributed by atoms with E-state index >= 15 is 0 Å². The first-order valence-electron chi connectivity index (χ1n) is 6.99. The molecule has 1 heteroatoms. The minimum atomic E-state index is 0. The van der Waals surface area contributed by atoms with Gasteiger partial charge in [-0.3, -0.25) is 0 Å². The Morgan fingerprint density at radius 3 is 1.52 bits per heavy atom. The van der Waals surface area contributed by atoms with Gasteiger partial charge in [-0.2, -0.15) is 0 Å². The van der Waals surface area contributed by atoms with E-state index in [2.05, 4.69) is 65.8 Å². The Hall–Kier alpha value is -0.872. The largest absolute Gasteiger partial charge is 0.0622 e. The van der Waals surface area contributed by atoms with Gasteiger partial charge in [-0.1, -0.05) is 96.1 Å². The first-order chi connectivity index (χ1) is 9.43. The molecule has 2 rings (SSSR count). The topological polar surface area (TPSA) is 0 Å². The Labute approximate surface area is 147 Å². The van der Waals surface area contributed by atoms with Crippen molar-refractivity contribution in [3.8, 4) is 11.1 Å². The molecular weight excluding hydrogens is 435 g/mol. The Morgan fingerprint density at radius 2 is 1.14 bits per heavy atom. The minimum absolute atomic E-state index is 0. The van der Waals surface area contributed by atoms with E-state index in [4.69, 9.17) is 0 Å². The molecule has 3 radical (unpaired) electrons. The van der Waals surface area contributed by atoms with E-state index in [9.17, 15) is 0 Å².